The fraction of sp³-hybridized carbons (Fsp3) is 0.583. The van der Waals surface area contributed by atoms with E-state index in [0.717, 1.165) is 19.3 Å². The van der Waals surface area contributed by atoms with Crippen LogP contribution in [-0.4, -0.2) is 39.6 Å². The smallest absolute Gasteiger partial charge is 0.305 e. The Hall–Kier alpha value is -1.85. The average molecular weight is 252 g/mol. The second-order valence-corrected chi connectivity index (χ2v) is 4.54. The summed E-state index contributed by atoms with van der Waals surface area (Å²) in [4.78, 5) is 24.8. The molecular formula is C12H16N2O4. The Bertz CT molecular complexity index is 455. The van der Waals surface area contributed by atoms with Crippen LogP contribution in [0, 0.1) is 6.92 Å². The summed E-state index contributed by atoms with van der Waals surface area (Å²) in [7, 11) is 0. The minimum atomic E-state index is -0.873. The van der Waals surface area contributed by atoms with E-state index in [9.17, 15) is 9.59 Å². The number of carboxylic acids is 1. The van der Waals surface area contributed by atoms with Crippen LogP contribution in [0.3, 0.4) is 0 Å². The normalized spacial score (nSPS) is 19.8. The van der Waals surface area contributed by atoms with Crippen LogP contribution < -0.4 is 0 Å². The summed E-state index contributed by atoms with van der Waals surface area (Å²) >= 11 is 0. The molecule has 2 rings (SSSR count). The van der Waals surface area contributed by atoms with E-state index < -0.39 is 5.97 Å². The van der Waals surface area contributed by atoms with Gasteiger partial charge in [0, 0.05) is 12.6 Å². The Kier molecular flexibility index (Phi) is 3.64. The molecule has 1 aliphatic heterocycles. The number of likely N-dealkylation sites (tertiary alicyclic amines) is 1. The molecule has 1 amide bonds. The van der Waals surface area contributed by atoms with E-state index in [1.165, 1.54) is 6.20 Å². The van der Waals surface area contributed by atoms with Gasteiger partial charge < -0.3 is 14.5 Å². The Morgan fingerprint density at radius 3 is 2.94 bits per heavy atom. The highest BCUT2D eigenvalue weighted by atomic mass is 16.5. The third kappa shape index (κ3) is 2.52. The van der Waals surface area contributed by atoms with E-state index >= 15 is 0 Å². The van der Waals surface area contributed by atoms with Crippen LogP contribution in [0.15, 0.2) is 10.7 Å². The molecule has 1 aromatic heterocycles. The number of carbonyl (C=O) groups is 2. The number of carbonyl (C=O) groups excluding carboxylic acids is 1. The predicted octanol–water partition coefficient (Wildman–Crippen LogP) is 1.45. The van der Waals surface area contributed by atoms with Crippen molar-refractivity contribution in [3.05, 3.63) is 17.5 Å². The predicted molar refractivity (Wildman–Crippen MR) is 62.2 cm³/mol. The topological polar surface area (TPSA) is 83.6 Å². The van der Waals surface area contributed by atoms with Crippen LogP contribution in [0.2, 0.25) is 0 Å². The quantitative estimate of drug-likeness (QED) is 0.880. The van der Waals surface area contributed by atoms with Crippen molar-refractivity contribution in [2.45, 2.75) is 38.6 Å². The highest BCUT2D eigenvalue weighted by molar-refractivity contribution is 5.95. The molecule has 6 nitrogen and oxygen atoms in total. The van der Waals surface area contributed by atoms with Crippen molar-refractivity contribution in [2.24, 2.45) is 0 Å². The number of aryl methyl sites for hydroxylation is 1. The van der Waals surface area contributed by atoms with Crippen molar-refractivity contribution >= 4 is 11.9 Å². The van der Waals surface area contributed by atoms with Crippen LogP contribution in [-0.2, 0) is 4.79 Å². The van der Waals surface area contributed by atoms with Crippen molar-refractivity contribution in [3.63, 3.8) is 0 Å². The first-order valence-electron chi connectivity index (χ1n) is 6.03. The summed E-state index contributed by atoms with van der Waals surface area (Å²) in [5, 5.41) is 12.5. The number of carboxylic acid groups (broad SMARTS) is 1. The molecule has 1 aromatic rings. The van der Waals surface area contributed by atoms with E-state index in [-0.39, 0.29) is 18.4 Å². The zero-order valence-electron chi connectivity index (χ0n) is 10.3. The molecule has 0 aliphatic carbocycles. The maximum Gasteiger partial charge on any atom is 0.305 e. The van der Waals surface area contributed by atoms with Gasteiger partial charge in [-0.2, -0.15) is 0 Å². The van der Waals surface area contributed by atoms with Crippen LogP contribution in [0.4, 0.5) is 0 Å². The minimum Gasteiger partial charge on any atom is -0.481 e. The van der Waals surface area contributed by atoms with Crippen LogP contribution in [0.1, 0.15) is 41.8 Å². The molecule has 2 heterocycles. The number of aromatic nitrogens is 1. The van der Waals surface area contributed by atoms with Gasteiger partial charge in [0.15, 0.2) is 0 Å². The number of amides is 1. The maximum atomic E-state index is 12.3. The highest BCUT2D eigenvalue weighted by Crippen LogP contribution is 2.23. The molecule has 6 heteroatoms. The second kappa shape index (κ2) is 5.20. The number of piperidine rings is 1. The lowest BCUT2D eigenvalue weighted by Crippen LogP contribution is -2.44. The molecule has 1 aliphatic rings. The van der Waals surface area contributed by atoms with Gasteiger partial charge in [-0.15, -0.1) is 0 Å². The molecule has 0 bridgehead atoms. The Morgan fingerprint density at radius 2 is 2.33 bits per heavy atom. The molecule has 0 aromatic carbocycles. The van der Waals surface area contributed by atoms with Gasteiger partial charge >= 0.3 is 5.97 Å². The number of nitrogens with zero attached hydrogens (tertiary/aromatic N) is 2. The number of aliphatic carboxylic acids is 1. The number of rotatable bonds is 3. The number of hydrogen-bond acceptors (Lipinski definition) is 4. The summed E-state index contributed by atoms with van der Waals surface area (Å²) < 4.78 is 4.88. The van der Waals surface area contributed by atoms with E-state index in [1.807, 2.05) is 0 Å². The first kappa shape index (κ1) is 12.6. The van der Waals surface area contributed by atoms with Gasteiger partial charge in [0.1, 0.15) is 11.3 Å². The van der Waals surface area contributed by atoms with Gasteiger partial charge in [0.25, 0.3) is 5.91 Å². The summed E-state index contributed by atoms with van der Waals surface area (Å²) in [6.07, 6.45) is 4.00. The van der Waals surface area contributed by atoms with Crippen molar-refractivity contribution < 1.29 is 19.2 Å². The van der Waals surface area contributed by atoms with Gasteiger partial charge in [0.05, 0.1) is 12.6 Å². The molecule has 98 valence electrons. The summed E-state index contributed by atoms with van der Waals surface area (Å²) in [5.41, 5.74) is 0.423. The molecule has 1 atom stereocenters. The molecule has 1 unspecified atom stereocenters. The molecule has 0 radical (unpaired) electrons. The lowest BCUT2D eigenvalue weighted by Gasteiger charge is -2.34. The standard InChI is InChI=1S/C12H16N2O4/c1-8-10(7-13-18-8)12(17)14-5-3-2-4-9(14)6-11(15)16/h7,9H,2-6H2,1H3,(H,15,16). The van der Waals surface area contributed by atoms with Crippen molar-refractivity contribution in [1.29, 1.82) is 0 Å². The zero-order chi connectivity index (χ0) is 13.1. The molecule has 18 heavy (non-hydrogen) atoms. The maximum absolute atomic E-state index is 12.3. The molecule has 1 N–H and O–H groups in total. The van der Waals surface area contributed by atoms with E-state index in [0.29, 0.717) is 17.9 Å². The van der Waals surface area contributed by atoms with Gasteiger partial charge in [-0.05, 0) is 26.2 Å². The van der Waals surface area contributed by atoms with E-state index in [2.05, 4.69) is 5.16 Å². The molecule has 1 fully saturated rings. The van der Waals surface area contributed by atoms with E-state index in [4.69, 9.17) is 9.63 Å². The Balaban J connectivity index is 2.16. The van der Waals surface area contributed by atoms with Crippen molar-refractivity contribution in [2.75, 3.05) is 6.54 Å². The third-order valence-corrected chi connectivity index (χ3v) is 3.28. The Labute approximate surface area is 105 Å². The molecule has 0 spiro atoms. The zero-order valence-corrected chi connectivity index (χ0v) is 10.3. The van der Waals surface area contributed by atoms with Crippen molar-refractivity contribution in [1.82, 2.24) is 10.1 Å². The SMILES string of the molecule is Cc1oncc1C(=O)N1CCCCC1CC(=O)O. The van der Waals surface area contributed by atoms with Gasteiger partial charge in [-0.1, -0.05) is 5.16 Å². The molecule has 1 saturated heterocycles. The third-order valence-electron chi connectivity index (χ3n) is 3.28. The van der Waals surface area contributed by atoms with Crippen LogP contribution in [0.25, 0.3) is 0 Å². The summed E-state index contributed by atoms with van der Waals surface area (Å²) in [6, 6.07) is -0.224. The first-order valence-corrected chi connectivity index (χ1v) is 6.03. The fourth-order valence-electron chi connectivity index (χ4n) is 2.34. The number of hydrogen-bond donors (Lipinski definition) is 1. The first-order chi connectivity index (χ1) is 8.59. The molecule has 0 saturated carbocycles. The lowest BCUT2D eigenvalue weighted by molar-refractivity contribution is -0.138. The summed E-state index contributed by atoms with van der Waals surface area (Å²) in [6.45, 7) is 2.28. The highest BCUT2D eigenvalue weighted by Gasteiger charge is 2.30. The van der Waals surface area contributed by atoms with Gasteiger partial charge in [-0.25, -0.2) is 0 Å². The molecular weight excluding hydrogens is 236 g/mol. The fourth-order valence-corrected chi connectivity index (χ4v) is 2.34. The largest absolute Gasteiger partial charge is 0.481 e. The minimum absolute atomic E-state index is 0.00390. The lowest BCUT2D eigenvalue weighted by atomic mass is 9.98. The van der Waals surface area contributed by atoms with Crippen LogP contribution in [0.5, 0.6) is 0 Å². The second-order valence-electron chi connectivity index (χ2n) is 4.54. The average Bonchev–Trinajstić information content (AvgIpc) is 2.74. The van der Waals surface area contributed by atoms with Gasteiger partial charge in [0.2, 0.25) is 0 Å². The monoisotopic (exact) mass is 252 g/mol. The van der Waals surface area contributed by atoms with Gasteiger partial charge in [-0.3, -0.25) is 9.59 Å². The van der Waals surface area contributed by atoms with E-state index in [1.54, 1.807) is 11.8 Å². The Morgan fingerprint density at radius 1 is 1.56 bits per heavy atom. The summed E-state index contributed by atoms with van der Waals surface area (Å²) in [5.74, 6) is -0.582. The van der Waals surface area contributed by atoms with Crippen molar-refractivity contribution in [3.8, 4) is 0 Å². The van der Waals surface area contributed by atoms with Crippen LogP contribution >= 0.6 is 0 Å².